The standard InChI is InChI=1S/C13H8Cl3FN2O/c14-7-5-8(15)12(9(16)6-7)19-13(20)18-11-4-2-1-3-10(11)17/h1-6H,(H2,18,19,20). The lowest BCUT2D eigenvalue weighted by atomic mass is 10.3. The molecule has 2 rings (SSSR count). The summed E-state index contributed by atoms with van der Waals surface area (Å²) in [5.74, 6) is -0.545. The van der Waals surface area contributed by atoms with Crippen LogP contribution in [0.2, 0.25) is 15.1 Å². The van der Waals surface area contributed by atoms with Crippen molar-refractivity contribution in [3.63, 3.8) is 0 Å². The number of urea groups is 1. The van der Waals surface area contributed by atoms with Crippen LogP contribution in [0, 0.1) is 5.82 Å². The van der Waals surface area contributed by atoms with Crippen molar-refractivity contribution in [2.45, 2.75) is 0 Å². The molecule has 104 valence electrons. The van der Waals surface area contributed by atoms with E-state index in [1.165, 1.54) is 30.3 Å². The number of rotatable bonds is 2. The summed E-state index contributed by atoms with van der Waals surface area (Å²) in [5, 5.41) is 5.51. The van der Waals surface area contributed by atoms with Gasteiger partial charge in [-0.15, -0.1) is 0 Å². The number of nitrogens with one attached hydrogen (secondary N) is 2. The highest BCUT2D eigenvalue weighted by atomic mass is 35.5. The predicted molar refractivity (Wildman–Crippen MR) is 80.5 cm³/mol. The van der Waals surface area contributed by atoms with Gasteiger partial charge in [-0.1, -0.05) is 46.9 Å². The molecule has 20 heavy (non-hydrogen) atoms. The molecule has 0 fully saturated rings. The highest BCUT2D eigenvalue weighted by Gasteiger charge is 2.12. The summed E-state index contributed by atoms with van der Waals surface area (Å²) in [6.45, 7) is 0. The first-order valence-corrected chi connectivity index (χ1v) is 6.58. The molecule has 0 saturated carbocycles. The van der Waals surface area contributed by atoms with E-state index in [1.54, 1.807) is 6.07 Å². The number of halogens is 4. The minimum absolute atomic E-state index is 0.0474. The quantitative estimate of drug-likeness (QED) is 0.756. The van der Waals surface area contributed by atoms with Gasteiger partial charge in [-0.05, 0) is 24.3 Å². The molecule has 2 N–H and O–H groups in total. The van der Waals surface area contributed by atoms with Gasteiger partial charge in [0.15, 0.2) is 0 Å². The van der Waals surface area contributed by atoms with Crippen LogP contribution >= 0.6 is 34.8 Å². The van der Waals surface area contributed by atoms with Crippen LogP contribution in [0.4, 0.5) is 20.6 Å². The maximum atomic E-state index is 13.4. The Balaban J connectivity index is 2.15. The van der Waals surface area contributed by atoms with E-state index in [0.717, 1.165) is 0 Å². The third-order valence-corrected chi connectivity index (χ3v) is 3.18. The van der Waals surface area contributed by atoms with Crippen molar-refractivity contribution in [2.75, 3.05) is 10.6 Å². The molecule has 0 aliphatic heterocycles. The Bertz CT molecular complexity index is 641. The third kappa shape index (κ3) is 3.54. The van der Waals surface area contributed by atoms with Gasteiger partial charge in [0.05, 0.1) is 21.4 Å². The summed E-state index contributed by atoms with van der Waals surface area (Å²) in [6, 6.07) is 7.99. The zero-order chi connectivity index (χ0) is 14.7. The fourth-order valence-corrected chi connectivity index (χ4v) is 2.40. The van der Waals surface area contributed by atoms with E-state index in [9.17, 15) is 9.18 Å². The fourth-order valence-electron chi connectivity index (χ4n) is 1.49. The summed E-state index contributed by atoms with van der Waals surface area (Å²) < 4.78 is 13.4. The van der Waals surface area contributed by atoms with Gasteiger partial charge in [0, 0.05) is 5.02 Å². The molecule has 0 atom stereocenters. The highest BCUT2D eigenvalue weighted by Crippen LogP contribution is 2.33. The predicted octanol–water partition coefficient (Wildman–Crippen LogP) is 5.43. The Hall–Kier alpha value is -1.49. The SMILES string of the molecule is O=C(Nc1ccccc1F)Nc1c(Cl)cc(Cl)cc1Cl. The van der Waals surface area contributed by atoms with Crippen molar-refractivity contribution in [1.29, 1.82) is 0 Å². The van der Waals surface area contributed by atoms with Gasteiger partial charge in [0.2, 0.25) is 0 Å². The number of carbonyl (C=O) groups is 1. The monoisotopic (exact) mass is 332 g/mol. The number of para-hydroxylation sites is 1. The average Bonchev–Trinajstić information content (AvgIpc) is 2.36. The van der Waals surface area contributed by atoms with Crippen molar-refractivity contribution in [1.82, 2.24) is 0 Å². The first-order chi connectivity index (χ1) is 9.47. The van der Waals surface area contributed by atoms with Gasteiger partial charge in [-0.25, -0.2) is 9.18 Å². The van der Waals surface area contributed by atoms with Crippen molar-refractivity contribution in [2.24, 2.45) is 0 Å². The number of hydrogen-bond donors (Lipinski definition) is 2. The summed E-state index contributed by atoms with van der Waals surface area (Å²) in [4.78, 5) is 11.8. The number of carbonyl (C=O) groups excluding carboxylic acids is 1. The van der Waals surface area contributed by atoms with E-state index < -0.39 is 11.8 Å². The zero-order valence-corrected chi connectivity index (χ0v) is 12.2. The first kappa shape index (κ1) is 14.9. The summed E-state index contributed by atoms with van der Waals surface area (Å²) in [7, 11) is 0. The fraction of sp³-hybridized carbons (Fsp3) is 0. The van der Waals surface area contributed by atoms with Gasteiger partial charge in [-0.3, -0.25) is 0 Å². The lowest BCUT2D eigenvalue weighted by Crippen LogP contribution is -2.20. The second kappa shape index (κ2) is 6.31. The molecule has 0 saturated heterocycles. The smallest absolute Gasteiger partial charge is 0.305 e. The molecule has 0 heterocycles. The van der Waals surface area contributed by atoms with E-state index in [-0.39, 0.29) is 21.4 Å². The molecule has 0 radical (unpaired) electrons. The van der Waals surface area contributed by atoms with Gasteiger partial charge in [0.25, 0.3) is 0 Å². The highest BCUT2D eigenvalue weighted by molar-refractivity contribution is 6.42. The molecule has 3 nitrogen and oxygen atoms in total. The molecule has 2 aromatic rings. The van der Waals surface area contributed by atoms with Crippen LogP contribution in [-0.4, -0.2) is 6.03 Å². The Morgan fingerprint density at radius 2 is 1.60 bits per heavy atom. The van der Waals surface area contributed by atoms with Gasteiger partial charge in [-0.2, -0.15) is 0 Å². The van der Waals surface area contributed by atoms with E-state index in [4.69, 9.17) is 34.8 Å². The molecule has 0 bridgehead atoms. The van der Waals surface area contributed by atoms with E-state index in [0.29, 0.717) is 5.02 Å². The van der Waals surface area contributed by atoms with Gasteiger partial charge < -0.3 is 10.6 Å². The van der Waals surface area contributed by atoms with Crippen LogP contribution in [-0.2, 0) is 0 Å². The zero-order valence-electron chi connectivity index (χ0n) is 9.88. The molecule has 2 amide bonds. The Morgan fingerprint density at radius 1 is 1.00 bits per heavy atom. The molecule has 0 aromatic heterocycles. The maximum absolute atomic E-state index is 13.4. The van der Waals surface area contributed by atoms with Crippen molar-refractivity contribution in [3.05, 3.63) is 57.3 Å². The minimum atomic E-state index is -0.666. The second-order valence-corrected chi connectivity index (χ2v) is 5.05. The van der Waals surface area contributed by atoms with Crippen molar-refractivity contribution >= 4 is 52.2 Å². The van der Waals surface area contributed by atoms with Crippen molar-refractivity contribution in [3.8, 4) is 0 Å². The summed E-state index contributed by atoms with van der Waals surface area (Å²) >= 11 is 17.6. The molecule has 0 aliphatic rings. The van der Waals surface area contributed by atoms with E-state index in [1.807, 2.05) is 0 Å². The van der Waals surface area contributed by atoms with E-state index >= 15 is 0 Å². The van der Waals surface area contributed by atoms with Crippen LogP contribution < -0.4 is 10.6 Å². The second-order valence-electron chi connectivity index (χ2n) is 3.80. The van der Waals surface area contributed by atoms with Crippen LogP contribution in [0.1, 0.15) is 0 Å². The molecule has 0 aliphatic carbocycles. The minimum Gasteiger partial charge on any atom is -0.305 e. The van der Waals surface area contributed by atoms with Crippen LogP contribution in [0.25, 0.3) is 0 Å². The topological polar surface area (TPSA) is 41.1 Å². The number of benzene rings is 2. The first-order valence-electron chi connectivity index (χ1n) is 5.44. The number of amides is 2. The lowest BCUT2D eigenvalue weighted by Gasteiger charge is -2.11. The molecule has 0 spiro atoms. The summed E-state index contributed by atoms with van der Waals surface area (Å²) in [6.07, 6.45) is 0. The Kier molecular flexibility index (Phi) is 4.70. The third-order valence-electron chi connectivity index (χ3n) is 2.37. The van der Waals surface area contributed by atoms with Crippen LogP contribution in [0.5, 0.6) is 0 Å². The lowest BCUT2D eigenvalue weighted by molar-refractivity contribution is 0.262. The van der Waals surface area contributed by atoms with Gasteiger partial charge >= 0.3 is 6.03 Å². The maximum Gasteiger partial charge on any atom is 0.323 e. The summed E-state index contributed by atoms with van der Waals surface area (Å²) in [5.41, 5.74) is 0.248. The Labute approximate surface area is 129 Å². The molecular weight excluding hydrogens is 326 g/mol. The normalized spacial score (nSPS) is 10.2. The van der Waals surface area contributed by atoms with Crippen molar-refractivity contribution < 1.29 is 9.18 Å². The number of anilines is 2. The average molecular weight is 334 g/mol. The number of hydrogen-bond acceptors (Lipinski definition) is 1. The molecule has 7 heteroatoms. The molecule has 0 unspecified atom stereocenters. The van der Waals surface area contributed by atoms with E-state index in [2.05, 4.69) is 10.6 Å². The molecule has 2 aromatic carbocycles. The largest absolute Gasteiger partial charge is 0.323 e. The Morgan fingerprint density at radius 3 is 2.20 bits per heavy atom. The van der Waals surface area contributed by atoms with Crippen LogP contribution in [0.3, 0.4) is 0 Å². The van der Waals surface area contributed by atoms with Gasteiger partial charge in [0.1, 0.15) is 5.82 Å². The molecular formula is C13H8Cl3FN2O. The van der Waals surface area contributed by atoms with Crippen LogP contribution in [0.15, 0.2) is 36.4 Å².